The lowest BCUT2D eigenvalue weighted by Crippen LogP contribution is -1.99. The molecule has 0 radical (unpaired) electrons. The molecule has 3 heteroatoms. The van der Waals surface area contributed by atoms with Gasteiger partial charge in [-0.25, -0.2) is 0 Å². The van der Waals surface area contributed by atoms with Crippen LogP contribution >= 0.6 is 11.6 Å². The van der Waals surface area contributed by atoms with Crippen molar-refractivity contribution in [1.82, 2.24) is 0 Å². The molecular formula is C13H13ClO2. The van der Waals surface area contributed by atoms with Crippen molar-refractivity contribution < 1.29 is 9.53 Å². The average Bonchev–Trinajstić information content (AvgIpc) is 2.67. The molecule has 0 spiro atoms. The highest BCUT2D eigenvalue weighted by Crippen LogP contribution is 2.26. The van der Waals surface area contributed by atoms with Crippen molar-refractivity contribution in [3.05, 3.63) is 40.4 Å². The average molecular weight is 237 g/mol. The molecule has 0 aliphatic heterocycles. The van der Waals surface area contributed by atoms with Gasteiger partial charge in [0.2, 0.25) is 0 Å². The molecule has 0 aromatic heterocycles. The number of fused-ring (bicyclic) bond motifs is 1. The minimum absolute atomic E-state index is 0.235. The van der Waals surface area contributed by atoms with Crippen LogP contribution in [0.2, 0.25) is 0 Å². The van der Waals surface area contributed by atoms with E-state index in [0.29, 0.717) is 13.0 Å². The molecule has 0 saturated heterocycles. The van der Waals surface area contributed by atoms with Crippen molar-refractivity contribution in [2.24, 2.45) is 0 Å². The van der Waals surface area contributed by atoms with Crippen LogP contribution in [0.5, 0.6) is 5.75 Å². The van der Waals surface area contributed by atoms with Gasteiger partial charge in [0.15, 0.2) is 5.78 Å². The van der Waals surface area contributed by atoms with Gasteiger partial charge in [-0.05, 0) is 42.7 Å². The lowest BCUT2D eigenvalue weighted by atomic mass is 10.1. The molecule has 0 saturated carbocycles. The normalized spacial score (nSPS) is 15.1. The highest BCUT2D eigenvalue weighted by atomic mass is 35.5. The number of rotatable bonds is 3. The third-order valence-corrected chi connectivity index (χ3v) is 3.02. The first-order valence-corrected chi connectivity index (χ1v) is 5.69. The molecule has 0 bridgehead atoms. The third-order valence-electron chi connectivity index (χ3n) is 2.65. The summed E-state index contributed by atoms with van der Waals surface area (Å²) in [5.74, 6) is 1.03. The Balaban J connectivity index is 2.11. The van der Waals surface area contributed by atoms with Crippen molar-refractivity contribution in [2.45, 2.75) is 19.8 Å². The van der Waals surface area contributed by atoms with Crippen molar-refractivity contribution in [3.63, 3.8) is 0 Å². The van der Waals surface area contributed by atoms with Gasteiger partial charge in [0.1, 0.15) is 12.4 Å². The van der Waals surface area contributed by atoms with Crippen LogP contribution in [0.25, 0.3) is 0 Å². The molecular weight excluding hydrogens is 224 g/mol. The number of ether oxygens (including phenoxy) is 1. The summed E-state index contributed by atoms with van der Waals surface area (Å²) in [5.41, 5.74) is 4.42. The van der Waals surface area contributed by atoms with Gasteiger partial charge in [-0.3, -0.25) is 4.79 Å². The van der Waals surface area contributed by atoms with Gasteiger partial charge in [0.05, 0.1) is 0 Å². The monoisotopic (exact) mass is 236 g/mol. The minimum Gasteiger partial charge on any atom is -0.489 e. The Kier molecular flexibility index (Phi) is 3.30. The summed E-state index contributed by atoms with van der Waals surface area (Å²) in [6.07, 6.45) is 1.45. The number of Topliss-reactive ketones (excluding diaryl/α,β-unsaturated/α-hetero) is 1. The Morgan fingerprint density at radius 3 is 3.06 bits per heavy atom. The third kappa shape index (κ3) is 2.27. The van der Waals surface area contributed by atoms with Crippen molar-refractivity contribution in [1.29, 1.82) is 0 Å². The molecule has 1 aliphatic carbocycles. The zero-order valence-electron chi connectivity index (χ0n) is 9.13. The van der Waals surface area contributed by atoms with E-state index in [1.165, 1.54) is 5.54 Å². The van der Waals surface area contributed by atoms with Crippen LogP contribution in [0.4, 0.5) is 0 Å². The van der Waals surface area contributed by atoms with Crippen LogP contribution in [0, 0.1) is 0 Å². The van der Waals surface area contributed by atoms with Gasteiger partial charge in [-0.1, -0.05) is 11.6 Å². The Hall–Kier alpha value is -1.28. The van der Waals surface area contributed by atoms with Crippen LogP contribution in [-0.2, 0) is 6.42 Å². The number of aryl methyl sites for hydroxylation is 1. The molecule has 1 aliphatic rings. The van der Waals surface area contributed by atoms with E-state index in [1.54, 1.807) is 0 Å². The maximum Gasteiger partial charge on any atom is 0.163 e. The number of ketones is 1. The van der Waals surface area contributed by atoms with E-state index in [4.69, 9.17) is 16.3 Å². The summed E-state index contributed by atoms with van der Waals surface area (Å²) in [5, 5.41) is 0. The first-order chi connectivity index (χ1) is 7.70. The molecule has 84 valence electrons. The molecule has 1 aromatic rings. The number of hydrogen-bond acceptors (Lipinski definition) is 2. The number of carbonyl (C=O) groups is 1. The SMILES string of the molecule is C/C(=C/Cl)COc1ccc2c(c1)CCC2=O. The second kappa shape index (κ2) is 4.71. The van der Waals surface area contributed by atoms with Gasteiger partial charge in [-0.2, -0.15) is 0 Å². The number of benzene rings is 1. The van der Waals surface area contributed by atoms with Gasteiger partial charge >= 0.3 is 0 Å². The molecule has 16 heavy (non-hydrogen) atoms. The smallest absolute Gasteiger partial charge is 0.163 e. The maximum atomic E-state index is 11.4. The van der Waals surface area contributed by atoms with E-state index in [0.717, 1.165) is 28.9 Å². The molecule has 0 fully saturated rings. The Labute approximate surface area is 99.9 Å². The van der Waals surface area contributed by atoms with Crippen LogP contribution < -0.4 is 4.74 Å². The zero-order valence-corrected chi connectivity index (χ0v) is 9.88. The first kappa shape index (κ1) is 11.2. The van der Waals surface area contributed by atoms with E-state index in [1.807, 2.05) is 25.1 Å². The van der Waals surface area contributed by atoms with Crippen LogP contribution in [0.3, 0.4) is 0 Å². The highest BCUT2D eigenvalue weighted by molar-refractivity contribution is 6.25. The molecule has 0 amide bonds. The Morgan fingerprint density at radius 2 is 2.31 bits per heavy atom. The van der Waals surface area contributed by atoms with E-state index in [9.17, 15) is 4.79 Å². The van der Waals surface area contributed by atoms with Gasteiger partial charge in [-0.15, -0.1) is 0 Å². The molecule has 1 aromatic carbocycles. The largest absolute Gasteiger partial charge is 0.489 e. The predicted octanol–water partition coefficient (Wildman–Crippen LogP) is 3.34. The molecule has 0 N–H and O–H groups in total. The second-order valence-corrected chi connectivity index (χ2v) is 4.20. The summed E-state index contributed by atoms with van der Waals surface area (Å²) < 4.78 is 5.56. The Morgan fingerprint density at radius 1 is 1.50 bits per heavy atom. The topological polar surface area (TPSA) is 26.3 Å². The lowest BCUT2D eigenvalue weighted by Gasteiger charge is -2.07. The predicted molar refractivity (Wildman–Crippen MR) is 64.2 cm³/mol. The van der Waals surface area contributed by atoms with Crippen molar-refractivity contribution in [3.8, 4) is 5.75 Å². The molecule has 0 unspecified atom stereocenters. The summed E-state index contributed by atoms with van der Waals surface area (Å²) in [6, 6.07) is 5.63. The second-order valence-electron chi connectivity index (χ2n) is 3.99. The molecule has 0 heterocycles. The molecule has 2 nitrogen and oxygen atoms in total. The van der Waals surface area contributed by atoms with E-state index >= 15 is 0 Å². The quantitative estimate of drug-likeness (QED) is 0.805. The lowest BCUT2D eigenvalue weighted by molar-refractivity contribution is 0.0994. The van der Waals surface area contributed by atoms with E-state index in [-0.39, 0.29) is 5.78 Å². The summed E-state index contributed by atoms with van der Waals surface area (Å²) >= 11 is 5.54. The van der Waals surface area contributed by atoms with Crippen LogP contribution in [-0.4, -0.2) is 12.4 Å². The highest BCUT2D eigenvalue weighted by Gasteiger charge is 2.19. The summed E-state index contributed by atoms with van der Waals surface area (Å²) in [6.45, 7) is 2.39. The number of carbonyl (C=O) groups excluding carboxylic acids is 1. The molecule has 0 atom stereocenters. The fourth-order valence-electron chi connectivity index (χ4n) is 1.75. The van der Waals surface area contributed by atoms with Crippen LogP contribution in [0.1, 0.15) is 29.3 Å². The van der Waals surface area contributed by atoms with E-state index < -0.39 is 0 Å². The standard InChI is InChI=1S/C13H13ClO2/c1-9(7-14)8-16-11-3-4-12-10(6-11)2-5-13(12)15/h3-4,6-7H,2,5,8H2,1H3/b9-7-. The van der Waals surface area contributed by atoms with Crippen molar-refractivity contribution >= 4 is 17.4 Å². The molecule has 2 rings (SSSR count). The van der Waals surface area contributed by atoms with E-state index in [2.05, 4.69) is 0 Å². The van der Waals surface area contributed by atoms with Crippen LogP contribution in [0.15, 0.2) is 29.3 Å². The Bertz CT molecular complexity index is 449. The number of hydrogen-bond donors (Lipinski definition) is 0. The fraction of sp³-hybridized carbons (Fsp3) is 0.308. The minimum atomic E-state index is 0.235. The van der Waals surface area contributed by atoms with Gasteiger partial charge in [0.25, 0.3) is 0 Å². The van der Waals surface area contributed by atoms with Gasteiger partial charge in [0, 0.05) is 17.5 Å². The zero-order chi connectivity index (χ0) is 11.5. The maximum absolute atomic E-state index is 11.4. The fourth-order valence-corrected chi connectivity index (χ4v) is 1.81. The first-order valence-electron chi connectivity index (χ1n) is 5.25. The summed E-state index contributed by atoms with van der Waals surface area (Å²) in [4.78, 5) is 11.4. The van der Waals surface area contributed by atoms with Gasteiger partial charge < -0.3 is 4.74 Å². The number of halogens is 1. The summed E-state index contributed by atoms with van der Waals surface area (Å²) in [7, 11) is 0. The van der Waals surface area contributed by atoms with Crippen molar-refractivity contribution in [2.75, 3.05) is 6.61 Å².